The second kappa shape index (κ2) is 8.10. The van der Waals surface area contributed by atoms with E-state index in [1.165, 1.54) is 11.3 Å². The first-order chi connectivity index (χ1) is 14.3. The van der Waals surface area contributed by atoms with Crippen molar-refractivity contribution in [2.24, 2.45) is 0 Å². The van der Waals surface area contributed by atoms with Crippen LogP contribution in [0.3, 0.4) is 0 Å². The van der Waals surface area contributed by atoms with Crippen LogP contribution in [0.2, 0.25) is 0 Å². The van der Waals surface area contributed by atoms with E-state index in [1.807, 2.05) is 18.2 Å². The van der Waals surface area contributed by atoms with Gasteiger partial charge in [0.1, 0.15) is 5.82 Å². The van der Waals surface area contributed by atoms with Gasteiger partial charge in [-0.25, -0.2) is 4.98 Å². The summed E-state index contributed by atoms with van der Waals surface area (Å²) in [5, 5.41) is 0. The van der Waals surface area contributed by atoms with Crippen molar-refractivity contribution in [3.05, 3.63) is 84.4 Å². The Morgan fingerprint density at radius 2 is 1.52 bits per heavy atom. The fraction of sp³-hybridized carbons (Fsp3) is 0.240. The summed E-state index contributed by atoms with van der Waals surface area (Å²) in [7, 11) is 0. The van der Waals surface area contributed by atoms with E-state index in [2.05, 4.69) is 75.4 Å². The van der Waals surface area contributed by atoms with Crippen molar-refractivity contribution in [2.75, 3.05) is 37.6 Å². The van der Waals surface area contributed by atoms with Crippen molar-refractivity contribution in [1.82, 2.24) is 14.9 Å². The number of benzene rings is 3. The first kappa shape index (κ1) is 18.0. The van der Waals surface area contributed by atoms with Gasteiger partial charge >= 0.3 is 0 Å². The van der Waals surface area contributed by atoms with Crippen molar-refractivity contribution in [1.29, 1.82) is 0 Å². The molecule has 0 radical (unpaired) electrons. The van der Waals surface area contributed by atoms with E-state index in [0.717, 1.165) is 61.6 Å². The summed E-state index contributed by atoms with van der Waals surface area (Å²) in [5.74, 6) is 0.940. The summed E-state index contributed by atoms with van der Waals surface area (Å²) in [5.41, 5.74) is 5.98. The highest BCUT2D eigenvalue weighted by atomic mass is 15.3. The summed E-state index contributed by atoms with van der Waals surface area (Å²) >= 11 is 0. The van der Waals surface area contributed by atoms with E-state index >= 15 is 0 Å². The van der Waals surface area contributed by atoms with Crippen LogP contribution in [-0.2, 0) is 6.42 Å². The molecule has 4 nitrogen and oxygen atoms in total. The lowest BCUT2D eigenvalue weighted by molar-refractivity contribution is 0.261. The van der Waals surface area contributed by atoms with Gasteiger partial charge in [-0.3, -0.25) is 4.90 Å². The monoisotopic (exact) mass is 382 g/mol. The van der Waals surface area contributed by atoms with Crippen LogP contribution in [0.25, 0.3) is 22.4 Å². The molecule has 1 aliphatic heterocycles. The highest BCUT2D eigenvalue weighted by Gasteiger charge is 2.16. The number of nitrogens with one attached hydrogen (secondary N) is 1. The highest BCUT2D eigenvalue weighted by molar-refractivity contribution is 5.80. The normalized spacial score (nSPS) is 15.1. The van der Waals surface area contributed by atoms with Gasteiger partial charge < -0.3 is 9.88 Å². The molecule has 1 fully saturated rings. The molecule has 0 spiro atoms. The SMILES string of the molecule is c1ccc(-c2nc3ccc(CCN4CCN(c5ccccc5)CC4)cc3[nH]2)cc1. The lowest BCUT2D eigenvalue weighted by Gasteiger charge is -2.36. The predicted molar refractivity (Wildman–Crippen MR) is 120 cm³/mol. The van der Waals surface area contributed by atoms with E-state index < -0.39 is 0 Å². The molecule has 146 valence electrons. The van der Waals surface area contributed by atoms with E-state index in [0.29, 0.717) is 0 Å². The molecule has 1 aliphatic rings. The van der Waals surface area contributed by atoms with Crippen LogP contribution in [0, 0.1) is 0 Å². The average Bonchev–Trinajstić information content (AvgIpc) is 3.23. The maximum absolute atomic E-state index is 4.74. The zero-order chi connectivity index (χ0) is 19.5. The van der Waals surface area contributed by atoms with Crippen molar-refractivity contribution in [3.8, 4) is 11.4 Å². The van der Waals surface area contributed by atoms with E-state index in [4.69, 9.17) is 4.98 Å². The number of fused-ring (bicyclic) bond motifs is 1. The molecule has 0 unspecified atom stereocenters. The van der Waals surface area contributed by atoms with Crippen LogP contribution in [0.4, 0.5) is 5.69 Å². The van der Waals surface area contributed by atoms with Crippen LogP contribution in [0.15, 0.2) is 78.9 Å². The Labute approximate surface area is 171 Å². The number of H-pyrrole nitrogens is 1. The average molecular weight is 383 g/mol. The third-order valence-electron chi connectivity index (χ3n) is 5.80. The number of piperazine rings is 1. The number of imidazole rings is 1. The van der Waals surface area contributed by atoms with Crippen LogP contribution < -0.4 is 4.90 Å². The topological polar surface area (TPSA) is 35.2 Å². The Kier molecular flexibility index (Phi) is 5.01. The standard InChI is InChI=1S/C25H26N4/c1-3-7-21(8-4-1)25-26-23-12-11-20(19-24(23)27-25)13-14-28-15-17-29(18-16-28)22-9-5-2-6-10-22/h1-12,19H,13-18H2,(H,26,27). The fourth-order valence-corrected chi connectivity index (χ4v) is 4.10. The van der Waals surface area contributed by atoms with Crippen LogP contribution in [0.1, 0.15) is 5.56 Å². The summed E-state index contributed by atoms with van der Waals surface area (Å²) in [4.78, 5) is 13.3. The van der Waals surface area contributed by atoms with Gasteiger partial charge in [0, 0.05) is 44.0 Å². The van der Waals surface area contributed by atoms with Gasteiger partial charge in [0.25, 0.3) is 0 Å². The van der Waals surface area contributed by atoms with Gasteiger partial charge in [0.15, 0.2) is 0 Å². The van der Waals surface area contributed by atoms with E-state index in [1.54, 1.807) is 0 Å². The molecule has 0 aliphatic carbocycles. The number of nitrogens with zero attached hydrogens (tertiary/aromatic N) is 3. The molecule has 0 amide bonds. The van der Waals surface area contributed by atoms with E-state index in [-0.39, 0.29) is 0 Å². The Bertz CT molecular complexity index is 1060. The summed E-state index contributed by atoms with van der Waals surface area (Å²) in [6, 6.07) is 27.7. The molecular formula is C25H26N4. The molecule has 4 heteroatoms. The largest absolute Gasteiger partial charge is 0.369 e. The number of aromatic nitrogens is 2. The molecule has 2 heterocycles. The molecule has 0 bridgehead atoms. The molecule has 5 rings (SSSR count). The fourth-order valence-electron chi connectivity index (χ4n) is 4.10. The van der Waals surface area contributed by atoms with Gasteiger partial charge in [-0.15, -0.1) is 0 Å². The molecule has 29 heavy (non-hydrogen) atoms. The zero-order valence-corrected chi connectivity index (χ0v) is 16.6. The van der Waals surface area contributed by atoms with Gasteiger partial charge in [0.05, 0.1) is 11.0 Å². The first-order valence-electron chi connectivity index (χ1n) is 10.4. The number of hydrogen-bond donors (Lipinski definition) is 1. The second-order valence-electron chi connectivity index (χ2n) is 7.72. The quantitative estimate of drug-likeness (QED) is 0.548. The van der Waals surface area contributed by atoms with Crippen molar-refractivity contribution >= 4 is 16.7 Å². The molecule has 1 saturated heterocycles. The van der Waals surface area contributed by atoms with Crippen molar-refractivity contribution in [3.63, 3.8) is 0 Å². The van der Waals surface area contributed by atoms with Crippen LogP contribution in [-0.4, -0.2) is 47.6 Å². The number of anilines is 1. The molecule has 1 N–H and O–H groups in total. The Hall–Kier alpha value is -3.11. The highest BCUT2D eigenvalue weighted by Crippen LogP contribution is 2.21. The molecule has 4 aromatic rings. The third-order valence-corrected chi connectivity index (χ3v) is 5.80. The summed E-state index contributed by atoms with van der Waals surface area (Å²) in [6.45, 7) is 5.56. The number of para-hydroxylation sites is 1. The Balaban J connectivity index is 1.20. The zero-order valence-electron chi connectivity index (χ0n) is 16.6. The Morgan fingerprint density at radius 1 is 0.793 bits per heavy atom. The minimum atomic E-state index is 0.940. The van der Waals surface area contributed by atoms with Gasteiger partial charge in [-0.05, 0) is 36.2 Å². The van der Waals surface area contributed by atoms with Crippen LogP contribution >= 0.6 is 0 Å². The number of aromatic amines is 1. The molecule has 0 atom stereocenters. The summed E-state index contributed by atoms with van der Waals surface area (Å²) < 4.78 is 0. The molecular weight excluding hydrogens is 356 g/mol. The lowest BCUT2D eigenvalue weighted by Crippen LogP contribution is -2.46. The second-order valence-corrected chi connectivity index (χ2v) is 7.72. The number of hydrogen-bond acceptors (Lipinski definition) is 3. The van der Waals surface area contributed by atoms with Crippen LogP contribution in [0.5, 0.6) is 0 Å². The minimum absolute atomic E-state index is 0.940. The maximum atomic E-state index is 4.74. The van der Waals surface area contributed by atoms with Gasteiger partial charge in [0.2, 0.25) is 0 Å². The number of rotatable bonds is 5. The summed E-state index contributed by atoms with van der Waals surface area (Å²) in [6.07, 6.45) is 1.07. The maximum Gasteiger partial charge on any atom is 0.138 e. The minimum Gasteiger partial charge on any atom is -0.369 e. The molecule has 1 aromatic heterocycles. The van der Waals surface area contributed by atoms with Gasteiger partial charge in [-0.1, -0.05) is 54.6 Å². The van der Waals surface area contributed by atoms with E-state index in [9.17, 15) is 0 Å². The Morgan fingerprint density at radius 3 is 2.28 bits per heavy atom. The van der Waals surface area contributed by atoms with Crippen molar-refractivity contribution < 1.29 is 0 Å². The molecule has 0 saturated carbocycles. The smallest absolute Gasteiger partial charge is 0.138 e. The van der Waals surface area contributed by atoms with Crippen molar-refractivity contribution in [2.45, 2.75) is 6.42 Å². The molecule has 3 aromatic carbocycles. The predicted octanol–water partition coefficient (Wildman–Crippen LogP) is 4.59. The first-order valence-corrected chi connectivity index (χ1v) is 10.4. The van der Waals surface area contributed by atoms with Gasteiger partial charge in [-0.2, -0.15) is 0 Å². The third kappa shape index (κ3) is 4.03. The lowest BCUT2D eigenvalue weighted by atomic mass is 10.1.